The van der Waals surface area contributed by atoms with Crippen molar-refractivity contribution in [3.05, 3.63) is 48.0 Å². The number of halogens is 1. The Labute approximate surface area is 147 Å². The number of piperazine rings is 1. The number of rotatable bonds is 5. The molecule has 1 aromatic heterocycles. The number of carbonyl (C=O) groups is 1. The Balaban J connectivity index is 1.48. The molecule has 1 atom stereocenters. The fourth-order valence-corrected chi connectivity index (χ4v) is 3.09. The van der Waals surface area contributed by atoms with Crippen molar-refractivity contribution >= 4 is 11.6 Å². The van der Waals surface area contributed by atoms with E-state index in [1.54, 1.807) is 23.0 Å². The van der Waals surface area contributed by atoms with Gasteiger partial charge in [-0.05, 0) is 31.2 Å². The van der Waals surface area contributed by atoms with Crippen molar-refractivity contribution in [3.8, 4) is 0 Å². The van der Waals surface area contributed by atoms with Gasteiger partial charge in [0.05, 0.1) is 12.2 Å². The van der Waals surface area contributed by atoms with Crippen molar-refractivity contribution in [3.63, 3.8) is 0 Å². The molecule has 0 radical (unpaired) electrons. The third kappa shape index (κ3) is 4.36. The zero-order valence-electron chi connectivity index (χ0n) is 14.7. The van der Waals surface area contributed by atoms with Gasteiger partial charge in [0.1, 0.15) is 5.82 Å². The molecule has 1 aliphatic heterocycles. The van der Waals surface area contributed by atoms with Crippen LogP contribution in [0.2, 0.25) is 0 Å². The average molecular weight is 345 g/mol. The number of carbonyl (C=O) groups excluding carboxylic acids is 1. The monoisotopic (exact) mass is 345 g/mol. The maximum absolute atomic E-state index is 13.0. The number of nitrogens with zero attached hydrogens (tertiary/aromatic N) is 4. The predicted molar refractivity (Wildman–Crippen MR) is 94.7 cm³/mol. The topological polar surface area (TPSA) is 53.4 Å². The summed E-state index contributed by atoms with van der Waals surface area (Å²) in [6.07, 6.45) is 3.65. The van der Waals surface area contributed by atoms with Gasteiger partial charge < -0.3 is 10.2 Å². The lowest BCUT2D eigenvalue weighted by atomic mass is 10.2. The van der Waals surface area contributed by atoms with Gasteiger partial charge in [0, 0.05) is 57.2 Å². The summed E-state index contributed by atoms with van der Waals surface area (Å²) in [6.45, 7) is 5.69. The lowest BCUT2D eigenvalue weighted by Gasteiger charge is -2.38. The molecular weight excluding hydrogens is 321 g/mol. The van der Waals surface area contributed by atoms with Crippen LogP contribution in [-0.2, 0) is 18.4 Å². The van der Waals surface area contributed by atoms with Crippen LogP contribution in [0.1, 0.15) is 12.5 Å². The Morgan fingerprint density at radius 1 is 1.24 bits per heavy atom. The third-order valence-electron chi connectivity index (χ3n) is 4.66. The fourth-order valence-electron chi connectivity index (χ4n) is 3.09. The van der Waals surface area contributed by atoms with Crippen LogP contribution in [0.25, 0.3) is 0 Å². The summed E-state index contributed by atoms with van der Waals surface area (Å²) >= 11 is 0. The van der Waals surface area contributed by atoms with Crippen molar-refractivity contribution < 1.29 is 9.18 Å². The molecule has 1 aliphatic rings. The zero-order valence-corrected chi connectivity index (χ0v) is 14.7. The van der Waals surface area contributed by atoms with Gasteiger partial charge >= 0.3 is 0 Å². The molecule has 1 fully saturated rings. The summed E-state index contributed by atoms with van der Waals surface area (Å²) in [5, 5.41) is 7.07. The molecule has 25 heavy (non-hydrogen) atoms. The highest BCUT2D eigenvalue weighted by molar-refractivity contribution is 5.81. The Kier molecular flexibility index (Phi) is 5.33. The SMILES string of the molecule is C[C@@H](C(=O)NCc1cnn(C)c1)N1CCN(c2ccc(F)cc2)CC1. The minimum absolute atomic E-state index is 0.0269. The second kappa shape index (κ2) is 7.65. The van der Waals surface area contributed by atoms with Crippen LogP contribution < -0.4 is 10.2 Å². The molecule has 0 aliphatic carbocycles. The first-order valence-corrected chi connectivity index (χ1v) is 8.53. The molecule has 1 amide bonds. The van der Waals surface area contributed by atoms with Gasteiger partial charge in [0.15, 0.2) is 0 Å². The van der Waals surface area contributed by atoms with E-state index in [4.69, 9.17) is 0 Å². The summed E-state index contributed by atoms with van der Waals surface area (Å²) in [4.78, 5) is 16.8. The van der Waals surface area contributed by atoms with E-state index >= 15 is 0 Å². The van der Waals surface area contributed by atoms with Gasteiger partial charge in [-0.25, -0.2) is 4.39 Å². The molecule has 3 rings (SSSR count). The van der Waals surface area contributed by atoms with Crippen molar-refractivity contribution in [1.82, 2.24) is 20.0 Å². The molecular formula is C18H24FN5O. The molecule has 134 valence electrons. The minimum Gasteiger partial charge on any atom is -0.369 e. The molecule has 1 N–H and O–H groups in total. The number of aryl methyl sites for hydroxylation is 1. The van der Waals surface area contributed by atoms with E-state index in [0.29, 0.717) is 6.54 Å². The molecule has 1 saturated heterocycles. The average Bonchev–Trinajstić information content (AvgIpc) is 3.05. The predicted octanol–water partition coefficient (Wildman–Crippen LogP) is 1.39. The number of benzene rings is 1. The Morgan fingerprint density at radius 3 is 2.52 bits per heavy atom. The second-order valence-electron chi connectivity index (χ2n) is 6.42. The van der Waals surface area contributed by atoms with Crippen LogP contribution in [0.5, 0.6) is 0 Å². The number of anilines is 1. The second-order valence-corrected chi connectivity index (χ2v) is 6.42. The normalized spacial score (nSPS) is 16.7. The van der Waals surface area contributed by atoms with Gasteiger partial charge in [0.2, 0.25) is 5.91 Å². The summed E-state index contributed by atoms with van der Waals surface area (Å²) < 4.78 is 14.8. The number of hydrogen-bond donors (Lipinski definition) is 1. The van der Waals surface area contributed by atoms with Gasteiger partial charge in [-0.15, -0.1) is 0 Å². The van der Waals surface area contributed by atoms with E-state index < -0.39 is 0 Å². The number of aromatic nitrogens is 2. The van der Waals surface area contributed by atoms with Gasteiger partial charge in [0.25, 0.3) is 0 Å². The number of nitrogens with one attached hydrogen (secondary N) is 1. The van der Waals surface area contributed by atoms with Crippen LogP contribution >= 0.6 is 0 Å². The first-order valence-electron chi connectivity index (χ1n) is 8.53. The highest BCUT2D eigenvalue weighted by atomic mass is 19.1. The van der Waals surface area contributed by atoms with Gasteiger partial charge in [-0.3, -0.25) is 14.4 Å². The summed E-state index contributed by atoms with van der Waals surface area (Å²) in [5.41, 5.74) is 2.01. The summed E-state index contributed by atoms with van der Waals surface area (Å²) in [5.74, 6) is -0.194. The molecule has 0 bridgehead atoms. The molecule has 1 aromatic carbocycles. The fraction of sp³-hybridized carbons (Fsp3) is 0.444. The Bertz CT molecular complexity index is 707. The Morgan fingerprint density at radius 2 is 1.92 bits per heavy atom. The van der Waals surface area contributed by atoms with Crippen molar-refractivity contribution in [2.45, 2.75) is 19.5 Å². The van der Waals surface area contributed by atoms with Crippen molar-refractivity contribution in [1.29, 1.82) is 0 Å². The van der Waals surface area contributed by atoms with Gasteiger partial charge in [-0.1, -0.05) is 0 Å². The largest absolute Gasteiger partial charge is 0.369 e. The first-order chi connectivity index (χ1) is 12.0. The third-order valence-corrected chi connectivity index (χ3v) is 4.66. The molecule has 2 aromatic rings. The first kappa shape index (κ1) is 17.4. The molecule has 2 heterocycles. The minimum atomic E-state index is -0.221. The van der Waals surface area contributed by atoms with E-state index in [1.807, 2.05) is 20.2 Å². The van der Waals surface area contributed by atoms with E-state index in [9.17, 15) is 9.18 Å². The Hall–Kier alpha value is -2.41. The smallest absolute Gasteiger partial charge is 0.237 e. The van der Waals surface area contributed by atoms with E-state index in [2.05, 4.69) is 20.2 Å². The molecule has 0 spiro atoms. The molecule has 0 unspecified atom stereocenters. The molecule has 7 heteroatoms. The van der Waals surface area contributed by atoms with Crippen LogP contribution in [0.3, 0.4) is 0 Å². The number of hydrogen-bond acceptors (Lipinski definition) is 4. The van der Waals surface area contributed by atoms with Crippen LogP contribution in [0.15, 0.2) is 36.7 Å². The van der Waals surface area contributed by atoms with E-state index in [1.165, 1.54) is 12.1 Å². The van der Waals surface area contributed by atoms with Crippen LogP contribution in [0, 0.1) is 5.82 Å². The van der Waals surface area contributed by atoms with Crippen LogP contribution in [-0.4, -0.2) is 52.8 Å². The lowest BCUT2D eigenvalue weighted by molar-refractivity contribution is -0.126. The highest BCUT2D eigenvalue weighted by Gasteiger charge is 2.25. The van der Waals surface area contributed by atoms with E-state index in [-0.39, 0.29) is 17.8 Å². The van der Waals surface area contributed by atoms with Crippen molar-refractivity contribution in [2.75, 3.05) is 31.1 Å². The van der Waals surface area contributed by atoms with E-state index in [0.717, 1.165) is 37.4 Å². The quantitative estimate of drug-likeness (QED) is 0.890. The highest BCUT2D eigenvalue weighted by Crippen LogP contribution is 2.17. The maximum Gasteiger partial charge on any atom is 0.237 e. The summed E-state index contributed by atoms with van der Waals surface area (Å²) in [6, 6.07) is 6.39. The zero-order chi connectivity index (χ0) is 17.8. The molecule has 6 nitrogen and oxygen atoms in total. The van der Waals surface area contributed by atoms with Gasteiger partial charge in [-0.2, -0.15) is 5.10 Å². The standard InChI is InChI=1S/C18H24FN5O/c1-14(18(25)20-11-15-12-21-22(2)13-15)23-7-9-24(10-8-23)17-5-3-16(19)4-6-17/h3-6,12-14H,7-11H2,1-2H3,(H,20,25)/t14-/m0/s1. The lowest BCUT2D eigenvalue weighted by Crippen LogP contribution is -2.53. The number of amides is 1. The van der Waals surface area contributed by atoms with Crippen LogP contribution in [0.4, 0.5) is 10.1 Å². The summed E-state index contributed by atoms with van der Waals surface area (Å²) in [7, 11) is 1.86. The van der Waals surface area contributed by atoms with Crippen molar-refractivity contribution in [2.24, 2.45) is 7.05 Å². The molecule has 0 saturated carbocycles. The maximum atomic E-state index is 13.0.